The highest BCUT2D eigenvalue weighted by atomic mass is 16.3. The normalized spacial score (nSPS) is 38.8. The van der Waals surface area contributed by atoms with Gasteiger partial charge in [-0.1, -0.05) is 27.7 Å². The Labute approximate surface area is 254 Å². The van der Waals surface area contributed by atoms with Crippen LogP contribution >= 0.6 is 0 Å². The van der Waals surface area contributed by atoms with E-state index in [2.05, 4.69) is 49.0 Å². The Bertz CT molecular complexity index is 583. The molecule has 2 aliphatic heterocycles. The molecule has 0 aromatic rings. The first-order valence-electron chi connectivity index (χ1n) is 16.8. The number of amides is 4. The van der Waals surface area contributed by atoms with Crippen LogP contribution in [0.15, 0.2) is 0 Å². The Morgan fingerprint density at radius 2 is 0.548 bits per heavy atom. The lowest BCUT2D eigenvalue weighted by Gasteiger charge is -2.21. The van der Waals surface area contributed by atoms with Gasteiger partial charge in [0, 0.05) is 0 Å². The third-order valence-electron chi connectivity index (χ3n) is 9.42. The lowest BCUT2D eigenvalue weighted by molar-refractivity contribution is 0.112. The summed E-state index contributed by atoms with van der Waals surface area (Å²) in [5, 5.41) is 46.1. The number of urea groups is 2. The van der Waals surface area contributed by atoms with E-state index in [0.717, 1.165) is 75.0 Å². The molecule has 0 radical (unpaired) electrons. The molecule has 0 unspecified atom stereocenters. The second kappa shape index (κ2) is 19.6. The van der Waals surface area contributed by atoms with Crippen molar-refractivity contribution >= 4 is 12.1 Å². The number of fused-ring (bicyclic) bond motifs is 1. The zero-order chi connectivity index (χ0) is 31.1. The van der Waals surface area contributed by atoms with Gasteiger partial charge < -0.3 is 41.7 Å². The molecule has 0 aromatic carbocycles. The van der Waals surface area contributed by atoms with E-state index in [1.54, 1.807) is 0 Å². The van der Waals surface area contributed by atoms with Crippen molar-refractivity contribution in [3.63, 3.8) is 0 Å². The molecule has 0 bridgehead atoms. The molecule has 246 valence electrons. The highest BCUT2D eigenvalue weighted by molar-refractivity contribution is 5.84. The molecule has 42 heavy (non-hydrogen) atoms. The fraction of sp³-hybridized carbons (Fsp3) is 0.938. The van der Waals surface area contributed by atoms with Crippen LogP contribution in [0.3, 0.4) is 0 Å². The molecule has 4 saturated carbocycles. The molecule has 8 N–H and O–H groups in total. The van der Waals surface area contributed by atoms with Gasteiger partial charge in [0.1, 0.15) is 12.3 Å². The average Bonchev–Trinajstić information content (AvgIpc) is 3.47. The minimum atomic E-state index is -0.292. The Kier molecular flexibility index (Phi) is 17.1. The topological polar surface area (TPSA) is 163 Å². The molecule has 6 rings (SSSR count). The van der Waals surface area contributed by atoms with Crippen molar-refractivity contribution in [1.29, 1.82) is 0 Å². The molecule has 0 atom stereocenters. The van der Waals surface area contributed by atoms with E-state index in [0.29, 0.717) is 0 Å². The van der Waals surface area contributed by atoms with Gasteiger partial charge in [-0.25, -0.2) is 9.59 Å². The van der Waals surface area contributed by atoms with Crippen LogP contribution in [0.2, 0.25) is 0 Å². The third kappa shape index (κ3) is 15.7. The van der Waals surface area contributed by atoms with Crippen LogP contribution in [-0.4, -0.2) is 69.2 Å². The van der Waals surface area contributed by atoms with Crippen LogP contribution in [0.25, 0.3) is 0 Å². The summed E-state index contributed by atoms with van der Waals surface area (Å²) in [6.07, 6.45) is 17.5. The minimum Gasteiger partial charge on any atom is -0.393 e. The predicted molar refractivity (Wildman–Crippen MR) is 165 cm³/mol. The molecule has 4 amide bonds. The van der Waals surface area contributed by atoms with Gasteiger partial charge in [0.15, 0.2) is 0 Å². The van der Waals surface area contributed by atoms with Crippen LogP contribution in [0.4, 0.5) is 9.59 Å². The summed E-state index contributed by atoms with van der Waals surface area (Å²) in [5.41, 5.74) is 0. The molecule has 10 nitrogen and oxygen atoms in total. The molecule has 0 aromatic heterocycles. The standard InChI is InChI=1S/4C7H14O.C4H6N4O2/c4*1-6-2-4-7(8)5-3-6;9-3-5-1-2(7-3)8-4(10)6-1/h4*6-8H,2-5H2,1H3;1-2H,(H2,5,7,9)(H2,6,8,10). The maximum absolute atomic E-state index is 10.5. The zero-order valence-electron chi connectivity index (χ0n) is 26.7. The summed E-state index contributed by atoms with van der Waals surface area (Å²) in [7, 11) is 0. The molecule has 6 aliphatic rings. The van der Waals surface area contributed by atoms with E-state index in [1.807, 2.05) is 0 Å². The molecule has 2 saturated heterocycles. The van der Waals surface area contributed by atoms with E-state index in [4.69, 9.17) is 20.4 Å². The summed E-state index contributed by atoms with van der Waals surface area (Å²) in [4.78, 5) is 21.1. The monoisotopic (exact) mass is 598 g/mol. The van der Waals surface area contributed by atoms with Gasteiger partial charge in [-0.3, -0.25) is 0 Å². The number of aliphatic hydroxyl groups excluding tert-OH is 4. The van der Waals surface area contributed by atoms with Crippen molar-refractivity contribution in [2.24, 2.45) is 23.7 Å². The summed E-state index contributed by atoms with van der Waals surface area (Å²) >= 11 is 0. The van der Waals surface area contributed by atoms with Crippen molar-refractivity contribution in [1.82, 2.24) is 21.3 Å². The largest absolute Gasteiger partial charge is 0.393 e. The van der Waals surface area contributed by atoms with Crippen LogP contribution in [0, 0.1) is 23.7 Å². The van der Waals surface area contributed by atoms with E-state index in [-0.39, 0.29) is 48.8 Å². The molecule has 6 fully saturated rings. The Morgan fingerprint density at radius 3 is 0.690 bits per heavy atom. The zero-order valence-corrected chi connectivity index (χ0v) is 26.7. The van der Waals surface area contributed by atoms with E-state index in [9.17, 15) is 9.59 Å². The fourth-order valence-corrected chi connectivity index (χ4v) is 6.02. The van der Waals surface area contributed by atoms with E-state index < -0.39 is 0 Å². The van der Waals surface area contributed by atoms with Crippen LogP contribution in [0.5, 0.6) is 0 Å². The highest BCUT2D eigenvalue weighted by Crippen LogP contribution is 2.25. The highest BCUT2D eigenvalue weighted by Gasteiger charge is 2.38. The number of hydrogen-bond donors (Lipinski definition) is 8. The number of rotatable bonds is 0. The molecular formula is C32H62N4O6. The number of nitrogens with one attached hydrogen (secondary N) is 4. The Hall–Kier alpha value is -1.62. The van der Waals surface area contributed by atoms with Crippen molar-refractivity contribution in [2.75, 3.05) is 0 Å². The number of aliphatic hydroxyl groups is 4. The van der Waals surface area contributed by atoms with Crippen LogP contribution in [0.1, 0.15) is 130 Å². The first-order chi connectivity index (χ1) is 19.9. The quantitative estimate of drug-likeness (QED) is 0.205. The summed E-state index contributed by atoms with van der Waals surface area (Å²) in [6.45, 7) is 9.02. The number of hydrogen-bond acceptors (Lipinski definition) is 6. The van der Waals surface area contributed by atoms with Crippen LogP contribution in [-0.2, 0) is 0 Å². The Morgan fingerprint density at radius 1 is 0.381 bits per heavy atom. The third-order valence-corrected chi connectivity index (χ3v) is 9.42. The van der Waals surface area contributed by atoms with E-state index >= 15 is 0 Å². The van der Waals surface area contributed by atoms with Gasteiger partial charge in [-0.05, 0) is 126 Å². The van der Waals surface area contributed by atoms with Gasteiger partial charge in [0.05, 0.1) is 24.4 Å². The number of carbonyl (C=O) groups excluding carboxylic acids is 2. The summed E-state index contributed by atoms with van der Waals surface area (Å²) in [5.74, 6) is 3.44. The fourth-order valence-electron chi connectivity index (χ4n) is 6.02. The second-order valence-electron chi connectivity index (χ2n) is 13.8. The lowest BCUT2D eigenvalue weighted by Crippen LogP contribution is -2.39. The van der Waals surface area contributed by atoms with Crippen molar-refractivity contribution in [3.05, 3.63) is 0 Å². The lowest BCUT2D eigenvalue weighted by atomic mass is 9.89. The van der Waals surface area contributed by atoms with Crippen molar-refractivity contribution in [3.8, 4) is 0 Å². The second-order valence-corrected chi connectivity index (χ2v) is 13.8. The molecule has 10 heteroatoms. The van der Waals surface area contributed by atoms with Gasteiger partial charge in [-0.15, -0.1) is 0 Å². The first-order valence-corrected chi connectivity index (χ1v) is 16.8. The minimum absolute atomic E-state index is 0.0196. The van der Waals surface area contributed by atoms with Gasteiger partial charge in [-0.2, -0.15) is 0 Å². The molecule has 0 spiro atoms. The van der Waals surface area contributed by atoms with Gasteiger partial charge >= 0.3 is 12.1 Å². The van der Waals surface area contributed by atoms with E-state index in [1.165, 1.54) is 51.4 Å². The average molecular weight is 599 g/mol. The Balaban J connectivity index is 0.000000184. The molecule has 4 aliphatic carbocycles. The maximum Gasteiger partial charge on any atom is 0.318 e. The summed E-state index contributed by atoms with van der Waals surface area (Å²) in [6, 6.07) is -0.523. The maximum atomic E-state index is 10.5. The van der Waals surface area contributed by atoms with Gasteiger partial charge in [0.2, 0.25) is 0 Å². The van der Waals surface area contributed by atoms with Gasteiger partial charge in [0.25, 0.3) is 0 Å². The smallest absolute Gasteiger partial charge is 0.318 e. The summed E-state index contributed by atoms with van der Waals surface area (Å²) < 4.78 is 0. The predicted octanol–water partition coefficient (Wildman–Crippen LogP) is 4.49. The number of carbonyl (C=O) groups is 2. The SMILES string of the molecule is CC1CCC(O)CC1.CC1CCC(O)CC1.CC1CCC(O)CC1.CC1CCC(O)CC1.O=C1NC2NC(=O)NC2N1. The molecular weight excluding hydrogens is 536 g/mol. The van der Waals surface area contributed by atoms with Crippen LogP contribution < -0.4 is 21.3 Å². The van der Waals surface area contributed by atoms with Crippen molar-refractivity contribution < 1.29 is 30.0 Å². The molecule has 2 heterocycles. The first kappa shape index (κ1) is 36.6. The van der Waals surface area contributed by atoms with Crippen molar-refractivity contribution in [2.45, 2.75) is 167 Å².